The largest absolute Gasteiger partial charge is 0.506 e. The Hall–Kier alpha value is -2.36. The molecule has 0 aliphatic heterocycles. The molecule has 0 fully saturated rings. The summed E-state index contributed by atoms with van der Waals surface area (Å²) in [7, 11) is 0. The normalized spacial score (nSPS) is 10.9. The molecule has 0 aliphatic rings. The second-order valence-electron chi connectivity index (χ2n) is 6.02. The second kappa shape index (κ2) is 7.26. The van der Waals surface area contributed by atoms with Gasteiger partial charge in [0.15, 0.2) is 0 Å². The highest BCUT2D eigenvalue weighted by Gasteiger charge is 2.13. The minimum Gasteiger partial charge on any atom is -0.506 e. The first-order valence-electron chi connectivity index (χ1n) is 8.26. The molecular formula is C22H18OS2. The number of hydrogen-bond acceptors (Lipinski definition) is 3. The first kappa shape index (κ1) is 16.1. The maximum absolute atomic E-state index is 10.4. The summed E-state index contributed by atoms with van der Waals surface area (Å²) >= 11 is 3.45. The van der Waals surface area contributed by atoms with Crippen molar-refractivity contribution >= 4 is 22.7 Å². The van der Waals surface area contributed by atoms with E-state index in [1.165, 1.54) is 20.9 Å². The van der Waals surface area contributed by atoms with Crippen molar-refractivity contribution in [1.82, 2.24) is 0 Å². The van der Waals surface area contributed by atoms with Gasteiger partial charge in [0.05, 0.1) is 4.88 Å². The van der Waals surface area contributed by atoms with Crippen LogP contribution in [0.3, 0.4) is 0 Å². The molecule has 0 aliphatic carbocycles. The zero-order valence-corrected chi connectivity index (χ0v) is 15.3. The molecule has 0 unspecified atom stereocenters. The lowest BCUT2D eigenvalue weighted by molar-refractivity contribution is 0.479. The minimum atomic E-state index is 0.393. The third-order valence-electron chi connectivity index (χ3n) is 4.09. The number of benzene rings is 2. The topological polar surface area (TPSA) is 20.2 Å². The summed E-state index contributed by atoms with van der Waals surface area (Å²) in [5.74, 6) is 0.393. The van der Waals surface area contributed by atoms with Gasteiger partial charge in [-0.1, -0.05) is 60.7 Å². The van der Waals surface area contributed by atoms with Crippen LogP contribution in [0.5, 0.6) is 5.75 Å². The van der Waals surface area contributed by atoms with E-state index >= 15 is 0 Å². The highest BCUT2D eigenvalue weighted by molar-refractivity contribution is 7.22. The van der Waals surface area contributed by atoms with E-state index in [-0.39, 0.29) is 0 Å². The van der Waals surface area contributed by atoms with Crippen LogP contribution in [-0.4, -0.2) is 5.11 Å². The Morgan fingerprint density at radius 1 is 0.640 bits per heavy atom. The van der Waals surface area contributed by atoms with Crippen molar-refractivity contribution in [3.8, 4) is 15.5 Å². The molecule has 2 aromatic heterocycles. The molecule has 2 aromatic carbocycles. The predicted molar refractivity (Wildman–Crippen MR) is 108 cm³/mol. The maximum atomic E-state index is 10.4. The molecule has 0 atom stereocenters. The average Bonchev–Trinajstić information content (AvgIpc) is 3.23. The zero-order valence-electron chi connectivity index (χ0n) is 13.7. The third kappa shape index (κ3) is 3.84. The fourth-order valence-corrected chi connectivity index (χ4v) is 5.13. The van der Waals surface area contributed by atoms with Crippen LogP contribution in [0, 0.1) is 0 Å². The molecule has 1 N–H and O–H groups in total. The third-order valence-corrected chi connectivity index (χ3v) is 6.48. The van der Waals surface area contributed by atoms with Gasteiger partial charge >= 0.3 is 0 Å². The molecule has 2 heterocycles. The molecule has 4 rings (SSSR count). The molecule has 0 amide bonds. The lowest BCUT2D eigenvalue weighted by Crippen LogP contribution is -1.82. The molecule has 0 bridgehead atoms. The van der Waals surface area contributed by atoms with Crippen molar-refractivity contribution in [3.63, 3.8) is 0 Å². The van der Waals surface area contributed by atoms with E-state index in [4.69, 9.17) is 0 Å². The molecule has 0 saturated heterocycles. The van der Waals surface area contributed by atoms with Crippen molar-refractivity contribution in [2.24, 2.45) is 0 Å². The van der Waals surface area contributed by atoms with Crippen LogP contribution in [-0.2, 0) is 12.8 Å². The molecule has 0 radical (unpaired) electrons. The average molecular weight is 363 g/mol. The van der Waals surface area contributed by atoms with E-state index in [0.29, 0.717) is 5.75 Å². The molecule has 124 valence electrons. The Morgan fingerprint density at radius 2 is 1.24 bits per heavy atom. The smallest absolute Gasteiger partial charge is 0.135 e. The molecule has 3 heteroatoms. The van der Waals surface area contributed by atoms with Gasteiger partial charge in [-0.15, -0.1) is 22.7 Å². The SMILES string of the molecule is Oc1cc(Cc2ccccc2)sc1-c1ccc(Cc2ccccc2)s1. The summed E-state index contributed by atoms with van der Waals surface area (Å²) in [4.78, 5) is 4.64. The van der Waals surface area contributed by atoms with E-state index in [0.717, 1.165) is 22.6 Å². The maximum Gasteiger partial charge on any atom is 0.135 e. The standard InChI is InChI=1S/C22H18OS2/c23-20-15-19(14-17-9-5-2-6-10-17)25-22(20)21-12-11-18(24-21)13-16-7-3-1-4-8-16/h1-12,15,23H,13-14H2. The van der Waals surface area contributed by atoms with Crippen LogP contribution in [0.1, 0.15) is 20.9 Å². The predicted octanol–water partition coefficient (Wildman–Crippen LogP) is 6.36. The number of thiophene rings is 2. The minimum absolute atomic E-state index is 0.393. The van der Waals surface area contributed by atoms with Gasteiger partial charge in [-0.2, -0.15) is 0 Å². The molecule has 25 heavy (non-hydrogen) atoms. The first-order valence-corrected chi connectivity index (χ1v) is 9.90. The Kier molecular flexibility index (Phi) is 4.68. The van der Waals surface area contributed by atoms with Gasteiger partial charge in [0.1, 0.15) is 5.75 Å². The molecule has 1 nitrogen and oxygen atoms in total. The number of aromatic hydroxyl groups is 1. The van der Waals surface area contributed by atoms with Gasteiger partial charge in [0.2, 0.25) is 0 Å². The van der Waals surface area contributed by atoms with E-state index < -0.39 is 0 Å². The monoisotopic (exact) mass is 362 g/mol. The fraction of sp³-hybridized carbons (Fsp3) is 0.0909. The summed E-state index contributed by atoms with van der Waals surface area (Å²) in [5, 5.41) is 10.4. The van der Waals surface area contributed by atoms with Crippen molar-refractivity contribution in [3.05, 3.63) is 99.7 Å². The van der Waals surface area contributed by atoms with Crippen LogP contribution < -0.4 is 0 Å². The van der Waals surface area contributed by atoms with Crippen LogP contribution in [0.15, 0.2) is 78.9 Å². The summed E-state index contributed by atoms with van der Waals surface area (Å²) < 4.78 is 0. The Balaban J connectivity index is 1.54. The molecular weight excluding hydrogens is 344 g/mol. The van der Waals surface area contributed by atoms with Crippen LogP contribution >= 0.6 is 22.7 Å². The van der Waals surface area contributed by atoms with Gasteiger partial charge in [0, 0.05) is 27.5 Å². The molecule has 0 saturated carbocycles. The fourth-order valence-electron chi connectivity index (χ4n) is 2.88. The molecule has 0 spiro atoms. The van der Waals surface area contributed by atoms with Crippen LogP contribution in [0.25, 0.3) is 9.75 Å². The summed E-state index contributed by atoms with van der Waals surface area (Å²) in [6.45, 7) is 0. The highest BCUT2D eigenvalue weighted by atomic mass is 32.1. The van der Waals surface area contributed by atoms with E-state index in [1.54, 1.807) is 22.7 Å². The Labute approximate surface area is 155 Å². The Morgan fingerprint density at radius 3 is 1.88 bits per heavy atom. The number of rotatable bonds is 5. The second-order valence-corrected chi connectivity index (χ2v) is 8.32. The van der Waals surface area contributed by atoms with E-state index in [9.17, 15) is 5.11 Å². The lowest BCUT2D eigenvalue weighted by Gasteiger charge is -1.98. The van der Waals surface area contributed by atoms with Crippen molar-refractivity contribution in [2.75, 3.05) is 0 Å². The van der Waals surface area contributed by atoms with Crippen LogP contribution in [0.4, 0.5) is 0 Å². The summed E-state index contributed by atoms with van der Waals surface area (Å²) in [5.41, 5.74) is 2.59. The number of hydrogen-bond donors (Lipinski definition) is 1. The Bertz CT molecular complexity index is 952. The van der Waals surface area contributed by atoms with E-state index in [2.05, 4.69) is 60.7 Å². The summed E-state index contributed by atoms with van der Waals surface area (Å²) in [6.07, 6.45) is 1.80. The zero-order chi connectivity index (χ0) is 17.1. The highest BCUT2D eigenvalue weighted by Crippen LogP contribution is 2.42. The van der Waals surface area contributed by atoms with E-state index in [1.807, 2.05) is 18.2 Å². The summed E-state index contributed by atoms with van der Waals surface area (Å²) in [6, 6.07) is 27.1. The van der Waals surface area contributed by atoms with Crippen LogP contribution in [0.2, 0.25) is 0 Å². The van der Waals surface area contributed by atoms with Crippen molar-refractivity contribution in [2.45, 2.75) is 12.8 Å². The van der Waals surface area contributed by atoms with Gasteiger partial charge in [-0.3, -0.25) is 0 Å². The van der Waals surface area contributed by atoms with Gasteiger partial charge in [0.25, 0.3) is 0 Å². The molecule has 4 aromatic rings. The van der Waals surface area contributed by atoms with Gasteiger partial charge < -0.3 is 5.11 Å². The van der Waals surface area contributed by atoms with Gasteiger partial charge in [-0.25, -0.2) is 0 Å². The van der Waals surface area contributed by atoms with Gasteiger partial charge in [-0.05, 0) is 29.3 Å². The lowest BCUT2D eigenvalue weighted by atomic mass is 10.1. The van der Waals surface area contributed by atoms with Crippen molar-refractivity contribution in [1.29, 1.82) is 0 Å². The first-order chi connectivity index (χ1) is 12.3. The van der Waals surface area contributed by atoms with Crippen molar-refractivity contribution < 1.29 is 5.11 Å². The quantitative estimate of drug-likeness (QED) is 0.438.